The molecule has 1 aliphatic rings. The molecule has 0 bridgehead atoms. The zero-order valence-corrected chi connectivity index (χ0v) is 27.4. The quantitative estimate of drug-likeness (QED) is 0.0998. The molecule has 50 heavy (non-hydrogen) atoms. The number of aromatic nitrogens is 1. The van der Waals surface area contributed by atoms with Crippen LogP contribution in [-0.4, -0.2) is 83.6 Å². The smallest absolute Gasteiger partial charge is 0.458 e. The van der Waals surface area contributed by atoms with Gasteiger partial charge in [-0.2, -0.15) is 26.3 Å². The lowest BCUT2D eigenvalue weighted by Crippen LogP contribution is -2.45. The Labute approximate surface area is 285 Å². The topological polar surface area (TPSA) is 132 Å². The molecule has 1 fully saturated rings. The van der Waals surface area contributed by atoms with Gasteiger partial charge in [-0.25, -0.2) is 8.78 Å². The van der Waals surface area contributed by atoms with Crippen LogP contribution in [0.4, 0.5) is 35.1 Å². The Morgan fingerprint density at radius 3 is 2.02 bits per heavy atom. The van der Waals surface area contributed by atoms with Crippen molar-refractivity contribution in [2.24, 2.45) is 0 Å². The van der Waals surface area contributed by atoms with Crippen molar-refractivity contribution in [2.75, 3.05) is 32.7 Å². The zero-order chi connectivity index (χ0) is 37.1. The van der Waals surface area contributed by atoms with Gasteiger partial charge in [0.25, 0.3) is 0 Å². The molecule has 1 aromatic heterocycles. The van der Waals surface area contributed by atoms with E-state index in [1.165, 1.54) is 18.6 Å². The summed E-state index contributed by atoms with van der Waals surface area (Å²) in [5.41, 5.74) is 2.08. The number of amides is 1. The van der Waals surface area contributed by atoms with Crippen LogP contribution in [-0.2, 0) is 27.2 Å². The molecule has 1 heterocycles. The van der Waals surface area contributed by atoms with Crippen LogP contribution in [0.15, 0.2) is 35.1 Å². The number of alkyl halides is 6. The van der Waals surface area contributed by atoms with E-state index in [-0.39, 0.29) is 22.6 Å². The maximum atomic E-state index is 13.4. The van der Waals surface area contributed by atoms with E-state index in [1.807, 2.05) is 11.0 Å². The Kier molecular flexibility index (Phi) is 14.9. The first kappa shape index (κ1) is 40.5. The molecule has 0 radical (unpaired) electrons. The molecule has 4 rings (SSSR count). The van der Waals surface area contributed by atoms with Crippen LogP contribution in [0.1, 0.15) is 49.7 Å². The van der Waals surface area contributed by atoms with Gasteiger partial charge in [0.1, 0.15) is 22.9 Å². The monoisotopic (exact) mass is 740 g/mol. The van der Waals surface area contributed by atoms with Crippen molar-refractivity contribution in [3.8, 4) is 5.75 Å². The maximum Gasteiger partial charge on any atom is 0.458 e. The van der Waals surface area contributed by atoms with Crippen LogP contribution < -0.4 is 15.5 Å². The third-order valence-electron chi connectivity index (χ3n) is 7.83. The first-order valence-corrected chi connectivity index (χ1v) is 16.5. The summed E-state index contributed by atoms with van der Waals surface area (Å²) in [7, 11) is 0. The number of nitrogens with zero attached hydrogens (tertiary/aromatic N) is 1. The third-order valence-corrected chi connectivity index (χ3v) is 8.78. The van der Waals surface area contributed by atoms with Gasteiger partial charge in [-0.3, -0.25) is 19.2 Å². The number of hydrogen-bond acceptors (Lipinski definition) is 8. The fourth-order valence-electron chi connectivity index (χ4n) is 5.43. The molecule has 1 saturated carbocycles. The van der Waals surface area contributed by atoms with Crippen LogP contribution in [0.5, 0.6) is 5.75 Å². The number of hydrogen-bond donors (Lipinski definition) is 4. The van der Waals surface area contributed by atoms with E-state index in [9.17, 15) is 59.4 Å². The minimum Gasteiger partial charge on any atom is -0.506 e. The molecule has 0 spiro atoms. The highest BCUT2D eigenvalue weighted by atomic mass is 32.1. The molecule has 2 aromatic carbocycles. The predicted octanol–water partition coefficient (Wildman–Crippen LogP) is 5.34. The lowest BCUT2D eigenvalue weighted by Gasteiger charge is -2.34. The van der Waals surface area contributed by atoms with Gasteiger partial charge in [-0.1, -0.05) is 36.7 Å². The number of ketones is 2. The van der Waals surface area contributed by atoms with E-state index < -0.39 is 35.6 Å². The molecule has 4 N–H and O–H groups in total. The summed E-state index contributed by atoms with van der Waals surface area (Å²) in [5.74, 6) is -7.77. The van der Waals surface area contributed by atoms with Crippen LogP contribution >= 0.6 is 11.3 Å². The number of aromatic hydroxyl groups is 1. The second-order valence-electron chi connectivity index (χ2n) is 11.5. The zero-order valence-electron chi connectivity index (χ0n) is 26.6. The fourth-order valence-corrected chi connectivity index (χ4v) is 6.33. The number of fused-ring (bicyclic) bond motifs is 1. The maximum absolute atomic E-state index is 13.4. The minimum atomic E-state index is -5.77. The molecule has 18 heteroatoms. The van der Waals surface area contributed by atoms with E-state index in [1.54, 1.807) is 6.07 Å². The normalized spacial score (nSPS) is 13.9. The molecule has 1 aliphatic carbocycles. The van der Waals surface area contributed by atoms with Crippen LogP contribution in [0.3, 0.4) is 0 Å². The number of phenolic OH excluding ortho intramolecular Hbond substituents is 1. The summed E-state index contributed by atoms with van der Waals surface area (Å²) < 4.78 is 94.4. The Hall–Kier alpha value is -3.90. The number of nitrogens with one attached hydrogen (secondary N) is 3. The number of carbonyl (C=O) groups excluding carboxylic acids is 3. The lowest BCUT2D eigenvalue weighted by molar-refractivity contribution is -0.193. The van der Waals surface area contributed by atoms with Crippen molar-refractivity contribution < 1.29 is 54.6 Å². The Balaban J connectivity index is 0.000000482. The van der Waals surface area contributed by atoms with Gasteiger partial charge in [0.2, 0.25) is 5.91 Å². The Bertz CT molecular complexity index is 1620. The van der Waals surface area contributed by atoms with Gasteiger partial charge < -0.3 is 25.6 Å². The molecular formula is C32H36F8N4O5S. The molecule has 0 aliphatic heterocycles. The highest BCUT2D eigenvalue weighted by Crippen LogP contribution is 2.28. The van der Waals surface area contributed by atoms with E-state index in [0.717, 1.165) is 53.3 Å². The van der Waals surface area contributed by atoms with E-state index >= 15 is 0 Å². The van der Waals surface area contributed by atoms with E-state index in [2.05, 4.69) is 15.6 Å². The number of phenols is 1. The first-order chi connectivity index (χ1) is 23.5. The Morgan fingerprint density at radius 1 is 0.840 bits per heavy atom. The molecule has 0 saturated heterocycles. The SMILES string of the molecule is O=C(C(=O)C(F)(F)F)C(F)(F)F.O=C(CCNCCc1cc(F)cc(F)c1)N(CCNCCc1ccc(O)c2[nH]c(=O)sc12)C1CCCCC1. The van der Waals surface area contributed by atoms with Crippen LogP contribution in [0, 0.1) is 11.6 Å². The standard InChI is InChI=1S/C28H36F2N4O3S.C4F6O2/c29-21-16-19(17-22(30)18-21)8-11-31-13-10-25(36)34(23-4-2-1-3-5-23)15-14-32-12-9-20-6-7-24(35)26-27(20)38-28(37)33-26;5-3(6,7)1(11)2(12)4(8,9)10/h6-7,16-18,23,31-32,35H,1-5,8-15H2,(H,33,37);. The summed E-state index contributed by atoms with van der Waals surface area (Å²) >= 11 is 1.10. The van der Waals surface area contributed by atoms with Crippen molar-refractivity contribution in [3.63, 3.8) is 0 Å². The minimum absolute atomic E-state index is 0.0778. The fraction of sp³-hybridized carbons (Fsp3) is 0.500. The van der Waals surface area contributed by atoms with Gasteiger partial charge >= 0.3 is 28.8 Å². The third kappa shape index (κ3) is 12.5. The molecule has 9 nitrogen and oxygen atoms in total. The highest BCUT2D eigenvalue weighted by molar-refractivity contribution is 7.16. The Morgan fingerprint density at radius 2 is 1.42 bits per heavy atom. The number of thiazole rings is 1. The second-order valence-corrected chi connectivity index (χ2v) is 12.5. The number of benzene rings is 2. The number of Topliss-reactive ketones (excluding diaryl/α,β-unsaturated/α-hetero) is 2. The summed E-state index contributed by atoms with van der Waals surface area (Å²) in [4.78, 5) is 48.6. The molecule has 3 aromatic rings. The van der Waals surface area contributed by atoms with Crippen molar-refractivity contribution in [1.29, 1.82) is 0 Å². The average Bonchev–Trinajstić information content (AvgIpc) is 3.44. The van der Waals surface area contributed by atoms with Gasteiger partial charge in [-0.05, 0) is 68.1 Å². The molecule has 1 amide bonds. The number of carbonyl (C=O) groups is 3. The second kappa shape index (κ2) is 18.4. The number of H-pyrrole nitrogens is 1. The predicted molar refractivity (Wildman–Crippen MR) is 169 cm³/mol. The lowest BCUT2D eigenvalue weighted by atomic mass is 9.94. The molecular weight excluding hydrogens is 704 g/mol. The first-order valence-electron chi connectivity index (χ1n) is 15.7. The van der Waals surface area contributed by atoms with Crippen molar-refractivity contribution in [1.82, 2.24) is 20.5 Å². The van der Waals surface area contributed by atoms with Gasteiger partial charge in [0.05, 0.1) is 4.70 Å². The number of aromatic amines is 1. The van der Waals surface area contributed by atoms with Crippen molar-refractivity contribution in [2.45, 2.75) is 69.8 Å². The van der Waals surface area contributed by atoms with Crippen molar-refractivity contribution in [3.05, 3.63) is 62.8 Å². The van der Waals surface area contributed by atoms with Crippen molar-refractivity contribution >= 4 is 39.0 Å². The van der Waals surface area contributed by atoms with Gasteiger partial charge in [0.15, 0.2) is 0 Å². The highest BCUT2D eigenvalue weighted by Gasteiger charge is 2.54. The van der Waals surface area contributed by atoms with Crippen LogP contribution in [0.2, 0.25) is 0 Å². The number of rotatable bonds is 14. The number of halogens is 8. The van der Waals surface area contributed by atoms with E-state index in [0.29, 0.717) is 63.1 Å². The molecule has 0 unspecified atom stereocenters. The van der Waals surface area contributed by atoms with Gasteiger partial charge in [-0.15, -0.1) is 0 Å². The summed E-state index contributed by atoms with van der Waals surface area (Å²) in [6.45, 7) is 3.06. The van der Waals surface area contributed by atoms with Gasteiger partial charge in [0, 0.05) is 38.2 Å². The average molecular weight is 741 g/mol. The largest absolute Gasteiger partial charge is 0.506 e. The van der Waals surface area contributed by atoms with Crippen LogP contribution in [0.25, 0.3) is 10.2 Å². The summed E-state index contributed by atoms with van der Waals surface area (Å²) in [6, 6.07) is 7.24. The summed E-state index contributed by atoms with van der Waals surface area (Å²) in [5, 5.41) is 16.6. The molecule has 0 atom stereocenters. The summed E-state index contributed by atoms with van der Waals surface area (Å²) in [6.07, 6.45) is -4.41. The van der Waals surface area contributed by atoms with E-state index in [4.69, 9.17) is 0 Å². The molecule has 276 valence electrons.